The van der Waals surface area contributed by atoms with E-state index in [0.29, 0.717) is 12.3 Å². The highest BCUT2D eigenvalue weighted by atomic mass is 127. The van der Waals surface area contributed by atoms with Crippen LogP contribution in [0.4, 0.5) is 0 Å². The molecule has 5 nitrogen and oxygen atoms in total. The summed E-state index contributed by atoms with van der Waals surface area (Å²) in [5, 5.41) is 3.59. The lowest BCUT2D eigenvalue weighted by Gasteiger charge is -2.35. The van der Waals surface area contributed by atoms with E-state index in [-0.39, 0.29) is 29.9 Å². The van der Waals surface area contributed by atoms with E-state index in [1.807, 2.05) is 7.05 Å². The monoisotopic (exact) mass is 450 g/mol. The second-order valence-electron chi connectivity index (χ2n) is 7.26. The maximum atomic E-state index is 11.2. The molecule has 0 bridgehead atoms. The molecule has 24 heavy (non-hydrogen) atoms. The van der Waals surface area contributed by atoms with Crippen LogP contribution in [0.1, 0.15) is 64.2 Å². The van der Waals surface area contributed by atoms with Crippen LogP contribution < -0.4 is 11.1 Å². The molecule has 2 aliphatic rings. The number of hydrogen-bond acceptors (Lipinski definition) is 2. The van der Waals surface area contributed by atoms with Crippen LogP contribution >= 0.6 is 24.0 Å². The number of hydrogen-bond donors (Lipinski definition) is 2. The standard InChI is InChI=1S/C18H34N4O.HI/c1-20-18(21-13-15-8-5-3-2-4-6-9-15)22-11-7-10-16(14-22)12-17(19)23;/h15-16H,2-14H2,1H3,(H2,19,23)(H,20,21);1H. The highest BCUT2D eigenvalue weighted by Gasteiger charge is 2.24. The first-order valence-electron chi connectivity index (χ1n) is 9.43. The van der Waals surface area contributed by atoms with Gasteiger partial charge in [0.25, 0.3) is 0 Å². The molecule has 0 aromatic rings. The Labute approximate surface area is 164 Å². The summed E-state index contributed by atoms with van der Waals surface area (Å²) >= 11 is 0. The number of nitrogens with two attached hydrogens (primary N) is 1. The maximum absolute atomic E-state index is 11.2. The fourth-order valence-electron chi connectivity index (χ4n) is 4.02. The third-order valence-corrected chi connectivity index (χ3v) is 5.29. The van der Waals surface area contributed by atoms with Crippen LogP contribution in [0.3, 0.4) is 0 Å². The van der Waals surface area contributed by atoms with Crippen LogP contribution in [0.2, 0.25) is 0 Å². The van der Waals surface area contributed by atoms with Gasteiger partial charge in [-0.05, 0) is 37.5 Å². The Morgan fingerprint density at radius 3 is 2.33 bits per heavy atom. The molecule has 0 radical (unpaired) electrons. The predicted octanol–water partition coefficient (Wildman–Crippen LogP) is 3.13. The van der Waals surface area contributed by atoms with Crippen LogP contribution in [0, 0.1) is 11.8 Å². The van der Waals surface area contributed by atoms with E-state index in [1.54, 1.807) is 0 Å². The molecule has 1 amide bonds. The van der Waals surface area contributed by atoms with E-state index < -0.39 is 0 Å². The maximum Gasteiger partial charge on any atom is 0.217 e. The molecule has 3 N–H and O–H groups in total. The van der Waals surface area contributed by atoms with Crippen molar-refractivity contribution in [2.24, 2.45) is 22.6 Å². The minimum absolute atomic E-state index is 0. The zero-order valence-electron chi connectivity index (χ0n) is 15.1. The molecular weight excluding hydrogens is 415 g/mol. The van der Waals surface area contributed by atoms with E-state index >= 15 is 0 Å². The summed E-state index contributed by atoms with van der Waals surface area (Å²) in [6, 6.07) is 0. The van der Waals surface area contributed by atoms with Crippen molar-refractivity contribution in [1.82, 2.24) is 10.2 Å². The summed E-state index contributed by atoms with van der Waals surface area (Å²) < 4.78 is 0. The molecule has 1 saturated heterocycles. The van der Waals surface area contributed by atoms with Crippen LogP contribution in [0.15, 0.2) is 4.99 Å². The number of carbonyl (C=O) groups is 1. The molecule has 2 fully saturated rings. The van der Waals surface area contributed by atoms with Crippen molar-refractivity contribution >= 4 is 35.8 Å². The average Bonchev–Trinajstić information content (AvgIpc) is 2.49. The number of primary amides is 1. The molecule has 0 spiro atoms. The van der Waals surface area contributed by atoms with Gasteiger partial charge < -0.3 is 16.0 Å². The second kappa shape index (κ2) is 11.9. The van der Waals surface area contributed by atoms with Gasteiger partial charge in [0, 0.05) is 33.1 Å². The first-order chi connectivity index (χ1) is 11.2. The predicted molar refractivity (Wildman–Crippen MR) is 111 cm³/mol. The van der Waals surface area contributed by atoms with Crippen molar-refractivity contribution in [2.75, 3.05) is 26.7 Å². The van der Waals surface area contributed by atoms with Gasteiger partial charge in [0.1, 0.15) is 0 Å². The summed E-state index contributed by atoms with van der Waals surface area (Å²) in [4.78, 5) is 17.9. The number of halogens is 1. The largest absolute Gasteiger partial charge is 0.370 e. The quantitative estimate of drug-likeness (QED) is 0.393. The van der Waals surface area contributed by atoms with E-state index in [4.69, 9.17) is 5.73 Å². The van der Waals surface area contributed by atoms with E-state index in [2.05, 4.69) is 15.2 Å². The Morgan fingerprint density at radius 1 is 1.08 bits per heavy atom. The molecule has 1 aliphatic heterocycles. The molecule has 6 heteroatoms. The minimum Gasteiger partial charge on any atom is -0.370 e. The zero-order valence-corrected chi connectivity index (χ0v) is 17.5. The molecule has 1 saturated carbocycles. The topological polar surface area (TPSA) is 70.7 Å². The number of nitrogens with zero attached hydrogens (tertiary/aromatic N) is 2. The fourth-order valence-corrected chi connectivity index (χ4v) is 4.02. The lowest BCUT2D eigenvalue weighted by molar-refractivity contribution is -0.119. The summed E-state index contributed by atoms with van der Waals surface area (Å²) in [6.07, 6.45) is 12.3. The zero-order chi connectivity index (χ0) is 16.5. The van der Waals surface area contributed by atoms with Crippen LogP contribution in [-0.4, -0.2) is 43.4 Å². The third-order valence-electron chi connectivity index (χ3n) is 5.29. The van der Waals surface area contributed by atoms with Crippen LogP contribution in [-0.2, 0) is 4.79 Å². The number of carbonyl (C=O) groups excluding carboxylic acids is 1. The van der Waals surface area contributed by atoms with E-state index in [0.717, 1.165) is 44.4 Å². The van der Waals surface area contributed by atoms with Gasteiger partial charge in [-0.25, -0.2) is 0 Å². The molecule has 140 valence electrons. The number of piperidine rings is 1. The van der Waals surface area contributed by atoms with Gasteiger partial charge in [-0.15, -0.1) is 24.0 Å². The molecule has 1 heterocycles. The van der Waals surface area contributed by atoms with E-state index in [9.17, 15) is 4.79 Å². The van der Waals surface area contributed by atoms with Gasteiger partial charge in [0.2, 0.25) is 5.91 Å². The molecule has 1 unspecified atom stereocenters. The van der Waals surface area contributed by atoms with Gasteiger partial charge >= 0.3 is 0 Å². The van der Waals surface area contributed by atoms with Gasteiger partial charge in [0.05, 0.1) is 0 Å². The summed E-state index contributed by atoms with van der Waals surface area (Å²) in [6.45, 7) is 2.95. The van der Waals surface area contributed by atoms with Crippen molar-refractivity contribution in [3.05, 3.63) is 0 Å². The smallest absolute Gasteiger partial charge is 0.217 e. The summed E-state index contributed by atoms with van der Waals surface area (Å²) in [5.41, 5.74) is 5.36. The van der Waals surface area contributed by atoms with Crippen molar-refractivity contribution < 1.29 is 4.79 Å². The van der Waals surface area contributed by atoms with Crippen LogP contribution in [0.25, 0.3) is 0 Å². The number of aliphatic imine (C=N–C) groups is 1. The lowest BCUT2D eigenvalue weighted by Crippen LogP contribution is -2.48. The molecule has 2 rings (SSSR count). The highest BCUT2D eigenvalue weighted by molar-refractivity contribution is 14.0. The Balaban J connectivity index is 0.00000288. The minimum atomic E-state index is -0.186. The van der Waals surface area contributed by atoms with Crippen molar-refractivity contribution in [3.8, 4) is 0 Å². The Kier molecular flexibility index (Phi) is 10.7. The fraction of sp³-hybridized carbons (Fsp3) is 0.889. The van der Waals surface area contributed by atoms with Crippen molar-refractivity contribution in [2.45, 2.75) is 64.2 Å². The highest BCUT2D eigenvalue weighted by Crippen LogP contribution is 2.22. The number of guanidine groups is 1. The van der Waals surface area contributed by atoms with Crippen LogP contribution in [0.5, 0.6) is 0 Å². The number of nitrogens with one attached hydrogen (secondary N) is 1. The SMILES string of the molecule is CN=C(NCC1CCCCCCC1)N1CCCC(CC(N)=O)C1.I. The molecule has 1 atom stereocenters. The van der Waals surface area contributed by atoms with Gasteiger partial charge in [-0.2, -0.15) is 0 Å². The molecule has 0 aromatic carbocycles. The van der Waals surface area contributed by atoms with Gasteiger partial charge in [-0.3, -0.25) is 9.79 Å². The van der Waals surface area contributed by atoms with Crippen molar-refractivity contribution in [1.29, 1.82) is 0 Å². The number of rotatable bonds is 4. The summed E-state index contributed by atoms with van der Waals surface area (Å²) in [5.74, 6) is 1.97. The molecule has 1 aliphatic carbocycles. The Hall–Kier alpha value is -0.530. The molecular formula is C18H35IN4O. The first-order valence-corrected chi connectivity index (χ1v) is 9.43. The van der Waals surface area contributed by atoms with Gasteiger partial charge in [0.15, 0.2) is 5.96 Å². The normalized spacial score (nSPS) is 23.8. The first kappa shape index (κ1) is 21.5. The van der Waals surface area contributed by atoms with Crippen molar-refractivity contribution in [3.63, 3.8) is 0 Å². The molecule has 0 aromatic heterocycles. The third kappa shape index (κ3) is 7.57. The number of likely N-dealkylation sites (tertiary alicyclic amines) is 1. The van der Waals surface area contributed by atoms with E-state index in [1.165, 1.54) is 44.9 Å². The second-order valence-corrected chi connectivity index (χ2v) is 7.26. The van der Waals surface area contributed by atoms with Gasteiger partial charge in [-0.1, -0.05) is 32.1 Å². The Bertz CT molecular complexity index is 394. The summed E-state index contributed by atoms with van der Waals surface area (Å²) in [7, 11) is 1.86. The average molecular weight is 450 g/mol. The lowest BCUT2D eigenvalue weighted by atomic mass is 9.91. The Morgan fingerprint density at radius 2 is 1.71 bits per heavy atom. The number of amides is 1.